The summed E-state index contributed by atoms with van der Waals surface area (Å²) in [5.41, 5.74) is 3.69. The fourth-order valence-corrected chi connectivity index (χ4v) is 3.85. The van der Waals surface area contributed by atoms with Crippen LogP contribution in [0.1, 0.15) is 38.8 Å². The van der Waals surface area contributed by atoms with Gasteiger partial charge in [0.05, 0.1) is 18.2 Å². The molecule has 0 spiro atoms. The highest BCUT2D eigenvalue weighted by atomic mass is 16.5. The number of carbonyl (C=O) groups excluding carboxylic acids is 2. The molecule has 3 aromatic carbocycles. The van der Waals surface area contributed by atoms with Crippen LogP contribution < -0.4 is 14.2 Å². The Labute approximate surface area is 197 Å². The van der Waals surface area contributed by atoms with E-state index in [1.807, 2.05) is 37.3 Å². The van der Waals surface area contributed by atoms with Crippen molar-refractivity contribution in [3.63, 3.8) is 0 Å². The molecule has 6 heteroatoms. The molecule has 2 heterocycles. The number of methoxy groups -OCH3 is 1. The predicted molar refractivity (Wildman–Crippen MR) is 126 cm³/mol. The maximum absolute atomic E-state index is 12.9. The van der Waals surface area contributed by atoms with Crippen LogP contribution >= 0.6 is 0 Å². The fraction of sp³-hybridized carbons (Fsp3) is 0.143. The average molecular weight is 454 g/mol. The topological polar surface area (TPSA) is 71.1 Å². The largest absolute Gasteiger partial charge is 0.489 e. The normalized spacial score (nSPS) is 17.2. The highest BCUT2D eigenvalue weighted by Crippen LogP contribution is 2.36. The highest BCUT2D eigenvalue weighted by molar-refractivity contribution is 6.12. The Morgan fingerprint density at radius 3 is 2.62 bits per heavy atom. The van der Waals surface area contributed by atoms with E-state index in [2.05, 4.69) is 0 Å². The summed E-state index contributed by atoms with van der Waals surface area (Å²) in [5, 5.41) is 0. The number of allylic oxidation sites excluding steroid dienone is 1. The van der Waals surface area contributed by atoms with Gasteiger partial charge in [-0.05, 0) is 60.5 Å². The van der Waals surface area contributed by atoms with Crippen molar-refractivity contribution in [2.75, 3.05) is 7.11 Å². The molecule has 0 saturated carbocycles. The molecule has 170 valence electrons. The number of hydrogen-bond donors (Lipinski definition) is 0. The van der Waals surface area contributed by atoms with E-state index in [1.165, 1.54) is 7.11 Å². The zero-order valence-corrected chi connectivity index (χ0v) is 18.7. The Morgan fingerprint density at radius 2 is 1.82 bits per heavy atom. The average Bonchev–Trinajstić information content (AvgIpc) is 3.17. The number of Topliss-reactive ketones (excluding diaryl/α,β-unsaturated/α-hetero) is 1. The molecule has 0 unspecified atom stereocenters. The van der Waals surface area contributed by atoms with E-state index in [9.17, 15) is 9.59 Å². The minimum atomic E-state index is -0.383. The van der Waals surface area contributed by atoms with Crippen molar-refractivity contribution >= 4 is 17.8 Å². The third kappa shape index (κ3) is 4.18. The minimum absolute atomic E-state index is 0.174. The standard InChI is InChI=1S/C28H22O6/c1-17-21(13-20-5-3-4-6-24(20)33-17)14-26-27(29)23-12-11-22(15-25(23)34-26)32-16-18-7-9-19(10-8-18)28(30)31-2/h3-15,17H,16H2,1-2H3/t17-/m0/s1. The van der Waals surface area contributed by atoms with Crippen molar-refractivity contribution in [1.82, 2.24) is 0 Å². The third-order valence-electron chi connectivity index (χ3n) is 5.73. The van der Waals surface area contributed by atoms with Gasteiger partial charge in [-0.3, -0.25) is 4.79 Å². The van der Waals surface area contributed by atoms with Crippen LogP contribution in [-0.4, -0.2) is 25.0 Å². The molecule has 5 rings (SSSR count). The van der Waals surface area contributed by atoms with Gasteiger partial charge in [-0.25, -0.2) is 4.79 Å². The molecule has 6 nitrogen and oxygen atoms in total. The second kappa shape index (κ2) is 8.90. The summed E-state index contributed by atoms with van der Waals surface area (Å²) in [5.74, 6) is 1.55. The summed E-state index contributed by atoms with van der Waals surface area (Å²) in [6, 6.07) is 19.9. The van der Waals surface area contributed by atoms with Crippen LogP contribution in [0.5, 0.6) is 17.2 Å². The third-order valence-corrected chi connectivity index (χ3v) is 5.73. The van der Waals surface area contributed by atoms with Crippen LogP contribution in [0.2, 0.25) is 0 Å². The molecular weight excluding hydrogens is 432 g/mol. The molecule has 34 heavy (non-hydrogen) atoms. The number of carbonyl (C=O) groups is 2. The van der Waals surface area contributed by atoms with Gasteiger partial charge in [0.1, 0.15) is 30.0 Å². The number of rotatable bonds is 5. The molecule has 3 aromatic rings. The summed E-state index contributed by atoms with van der Waals surface area (Å²) in [4.78, 5) is 24.4. The quantitative estimate of drug-likeness (QED) is 0.381. The van der Waals surface area contributed by atoms with Crippen molar-refractivity contribution in [2.24, 2.45) is 0 Å². The lowest BCUT2D eigenvalue weighted by atomic mass is 10.0. The van der Waals surface area contributed by atoms with E-state index in [0.717, 1.165) is 22.4 Å². The predicted octanol–water partition coefficient (Wildman–Crippen LogP) is 5.38. The van der Waals surface area contributed by atoms with Crippen molar-refractivity contribution in [3.05, 3.63) is 106 Å². The molecular formula is C28H22O6. The number of fused-ring (bicyclic) bond motifs is 2. The van der Waals surface area contributed by atoms with Gasteiger partial charge in [-0.1, -0.05) is 30.3 Å². The Hall–Kier alpha value is -4.32. The van der Waals surface area contributed by atoms with Crippen LogP contribution in [0.3, 0.4) is 0 Å². The SMILES string of the molecule is COC(=O)c1ccc(COc2ccc3c(c2)OC(=CC2=Cc4ccccc4O[C@H]2C)C3=O)cc1. The Morgan fingerprint density at radius 1 is 1.03 bits per heavy atom. The van der Waals surface area contributed by atoms with E-state index in [-0.39, 0.29) is 23.6 Å². The van der Waals surface area contributed by atoms with Gasteiger partial charge in [-0.2, -0.15) is 0 Å². The van der Waals surface area contributed by atoms with Crippen molar-refractivity contribution in [1.29, 1.82) is 0 Å². The Bertz CT molecular complexity index is 1330. The van der Waals surface area contributed by atoms with Gasteiger partial charge >= 0.3 is 5.97 Å². The van der Waals surface area contributed by atoms with E-state index in [4.69, 9.17) is 18.9 Å². The van der Waals surface area contributed by atoms with Crippen LogP contribution in [0, 0.1) is 0 Å². The first kappa shape index (κ1) is 21.5. The molecule has 0 amide bonds. The smallest absolute Gasteiger partial charge is 0.337 e. The van der Waals surface area contributed by atoms with Gasteiger partial charge in [-0.15, -0.1) is 0 Å². The fourth-order valence-electron chi connectivity index (χ4n) is 3.85. The molecule has 0 aromatic heterocycles. The molecule has 0 radical (unpaired) electrons. The molecule has 0 fully saturated rings. The number of para-hydroxylation sites is 1. The number of ether oxygens (including phenoxy) is 4. The monoisotopic (exact) mass is 454 g/mol. The number of esters is 1. The molecule has 1 atom stereocenters. The number of ketones is 1. The minimum Gasteiger partial charge on any atom is -0.489 e. The summed E-state index contributed by atoms with van der Waals surface area (Å²) in [6.07, 6.45) is 3.55. The summed E-state index contributed by atoms with van der Waals surface area (Å²) >= 11 is 0. The maximum Gasteiger partial charge on any atom is 0.337 e. The summed E-state index contributed by atoms with van der Waals surface area (Å²) in [7, 11) is 1.35. The number of benzene rings is 3. The molecule has 2 aliphatic heterocycles. The number of hydrogen-bond acceptors (Lipinski definition) is 6. The van der Waals surface area contributed by atoms with Crippen LogP contribution in [-0.2, 0) is 11.3 Å². The second-order valence-electron chi connectivity index (χ2n) is 8.02. The highest BCUT2D eigenvalue weighted by Gasteiger charge is 2.29. The van der Waals surface area contributed by atoms with Gasteiger partial charge in [0, 0.05) is 11.6 Å². The van der Waals surface area contributed by atoms with Crippen molar-refractivity contribution in [3.8, 4) is 17.2 Å². The first-order valence-electron chi connectivity index (χ1n) is 10.9. The van der Waals surface area contributed by atoms with Crippen molar-refractivity contribution < 1.29 is 28.5 Å². The van der Waals surface area contributed by atoms with Gasteiger partial charge < -0.3 is 18.9 Å². The molecule has 0 saturated heterocycles. The Kier molecular flexibility index (Phi) is 5.64. The zero-order valence-electron chi connectivity index (χ0n) is 18.7. The zero-order chi connectivity index (χ0) is 23.7. The second-order valence-corrected chi connectivity index (χ2v) is 8.02. The van der Waals surface area contributed by atoms with Gasteiger partial charge in [0.15, 0.2) is 5.76 Å². The molecule has 2 aliphatic rings. The van der Waals surface area contributed by atoms with E-state index in [0.29, 0.717) is 29.2 Å². The Balaban J connectivity index is 1.30. The molecule has 0 aliphatic carbocycles. The van der Waals surface area contributed by atoms with E-state index < -0.39 is 0 Å². The van der Waals surface area contributed by atoms with Crippen LogP contribution in [0.15, 0.2) is 84.1 Å². The van der Waals surface area contributed by atoms with Gasteiger partial charge in [0.25, 0.3) is 0 Å². The van der Waals surface area contributed by atoms with Crippen molar-refractivity contribution in [2.45, 2.75) is 19.6 Å². The molecule has 0 bridgehead atoms. The summed E-state index contributed by atoms with van der Waals surface area (Å²) in [6.45, 7) is 2.24. The first-order chi connectivity index (χ1) is 16.5. The van der Waals surface area contributed by atoms with Crippen LogP contribution in [0.25, 0.3) is 6.08 Å². The first-order valence-corrected chi connectivity index (χ1v) is 10.9. The lowest BCUT2D eigenvalue weighted by Gasteiger charge is -2.22. The van der Waals surface area contributed by atoms with Crippen LogP contribution in [0.4, 0.5) is 0 Å². The lowest BCUT2D eigenvalue weighted by molar-refractivity contribution is 0.0600. The van der Waals surface area contributed by atoms with Gasteiger partial charge in [0.2, 0.25) is 5.78 Å². The summed E-state index contributed by atoms with van der Waals surface area (Å²) < 4.78 is 22.4. The molecule has 0 N–H and O–H groups in total. The van der Waals surface area contributed by atoms with E-state index in [1.54, 1.807) is 48.5 Å². The van der Waals surface area contributed by atoms with E-state index >= 15 is 0 Å². The lowest BCUT2D eigenvalue weighted by Crippen LogP contribution is -2.18. The maximum atomic E-state index is 12.9.